The third-order valence-electron chi connectivity index (χ3n) is 8.49. The maximum atomic E-state index is 13.4. The van der Waals surface area contributed by atoms with E-state index in [4.69, 9.17) is 14.8 Å². The lowest BCUT2D eigenvalue weighted by molar-refractivity contribution is -0.140. The van der Waals surface area contributed by atoms with Gasteiger partial charge in [-0.05, 0) is 66.9 Å². The summed E-state index contributed by atoms with van der Waals surface area (Å²) in [6.07, 6.45) is 2.01. The second-order valence-corrected chi connectivity index (χ2v) is 11.6. The second kappa shape index (κ2) is 12.8. The summed E-state index contributed by atoms with van der Waals surface area (Å²) in [7, 11) is 0. The van der Waals surface area contributed by atoms with Crippen molar-refractivity contribution in [2.24, 2.45) is 0 Å². The molecule has 0 unspecified atom stereocenters. The molecular formula is C34H31F3N4O6. The third kappa shape index (κ3) is 6.79. The molecule has 1 fully saturated rings. The molecule has 1 atom stereocenters. The van der Waals surface area contributed by atoms with Crippen LogP contribution in [0.3, 0.4) is 0 Å². The number of carboxylic acids is 2. The number of nitrogens with one attached hydrogen (secondary N) is 2. The summed E-state index contributed by atoms with van der Waals surface area (Å²) in [5.74, 6) is -2.21. The number of rotatable bonds is 10. The van der Waals surface area contributed by atoms with Crippen LogP contribution < -0.4 is 10.1 Å². The number of amides is 1. The van der Waals surface area contributed by atoms with E-state index in [0.717, 1.165) is 49.8 Å². The van der Waals surface area contributed by atoms with Crippen molar-refractivity contribution in [1.29, 1.82) is 0 Å². The molecule has 1 saturated carbocycles. The molecule has 0 radical (unpaired) electrons. The van der Waals surface area contributed by atoms with Gasteiger partial charge in [0, 0.05) is 40.7 Å². The number of benzene rings is 3. The number of nitrogens with zero attached hydrogens (tertiary/aromatic N) is 2. The van der Waals surface area contributed by atoms with Gasteiger partial charge in [0.2, 0.25) is 0 Å². The molecule has 3 aromatic carbocycles. The average Bonchev–Trinajstić information content (AvgIpc) is 3.64. The summed E-state index contributed by atoms with van der Waals surface area (Å²) in [6.45, 7) is -0.534. The Kier molecular flexibility index (Phi) is 8.63. The van der Waals surface area contributed by atoms with Gasteiger partial charge >= 0.3 is 18.1 Å². The summed E-state index contributed by atoms with van der Waals surface area (Å²) in [5, 5.41) is 22.1. The van der Waals surface area contributed by atoms with Crippen molar-refractivity contribution in [3.8, 4) is 17.1 Å². The highest BCUT2D eigenvalue weighted by Gasteiger charge is 2.31. The fraction of sp³-hybridized carbons (Fsp3) is 0.294. The van der Waals surface area contributed by atoms with Crippen LogP contribution in [0, 0.1) is 0 Å². The predicted octanol–water partition coefficient (Wildman–Crippen LogP) is 6.60. The number of carbonyl (C=O) groups is 3. The van der Waals surface area contributed by atoms with E-state index in [1.54, 1.807) is 42.6 Å². The lowest BCUT2D eigenvalue weighted by Crippen LogP contribution is -2.42. The number of H-pyrrole nitrogens is 1. The molecule has 6 rings (SSSR count). The van der Waals surface area contributed by atoms with Crippen LogP contribution in [0.1, 0.15) is 59.6 Å². The van der Waals surface area contributed by atoms with Gasteiger partial charge < -0.3 is 29.8 Å². The predicted molar refractivity (Wildman–Crippen MR) is 166 cm³/mol. The van der Waals surface area contributed by atoms with Gasteiger partial charge in [0.1, 0.15) is 17.6 Å². The van der Waals surface area contributed by atoms with Crippen molar-refractivity contribution in [3.05, 3.63) is 83.6 Å². The van der Waals surface area contributed by atoms with E-state index >= 15 is 0 Å². The smallest absolute Gasteiger partial charge is 0.416 e. The fourth-order valence-corrected chi connectivity index (χ4v) is 6.18. The molecule has 0 aliphatic heterocycles. The summed E-state index contributed by atoms with van der Waals surface area (Å²) in [6, 6.07) is 13.4. The highest BCUT2D eigenvalue weighted by atomic mass is 19.4. The first-order chi connectivity index (χ1) is 22.5. The monoisotopic (exact) mass is 648 g/mol. The molecule has 10 nitrogen and oxygen atoms in total. The minimum absolute atomic E-state index is 0.0694. The Hall–Kier alpha value is -5.33. The SMILES string of the molecule is O=C(O)COc1ccc2[nH]cc(C[C@H](NC(=O)c3ccc4c(c3)nc(-c3ccc(C(F)(F)F)cc3)n4C3CCCCC3)C(=O)O)c2c1. The van der Waals surface area contributed by atoms with E-state index in [-0.39, 0.29) is 18.0 Å². The van der Waals surface area contributed by atoms with Gasteiger partial charge in [0.25, 0.3) is 5.91 Å². The molecular weight excluding hydrogens is 617 g/mol. The maximum absolute atomic E-state index is 13.4. The number of aliphatic carboxylic acids is 2. The van der Waals surface area contributed by atoms with Crippen LogP contribution in [-0.4, -0.2) is 55.2 Å². The third-order valence-corrected chi connectivity index (χ3v) is 8.49. The lowest BCUT2D eigenvalue weighted by atomic mass is 9.94. The molecule has 47 heavy (non-hydrogen) atoms. The number of fused-ring (bicyclic) bond motifs is 2. The van der Waals surface area contributed by atoms with E-state index in [1.807, 2.05) is 4.57 Å². The van der Waals surface area contributed by atoms with Crippen molar-refractivity contribution in [2.75, 3.05) is 6.61 Å². The first-order valence-electron chi connectivity index (χ1n) is 15.2. The first-order valence-corrected chi connectivity index (χ1v) is 15.2. The Labute approximate surface area is 266 Å². The van der Waals surface area contributed by atoms with Gasteiger partial charge in [-0.3, -0.25) is 4.79 Å². The van der Waals surface area contributed by atoms with Gasteiger partial charge in [-0.25, -0.2) is 14.6 Å². The zero-order valence-electron chi connectivity index (χ0n) is 25.0. The standard InChI is InChI=1S/C34H31F3N4O6/c35-34(36,37)22-9-6-19(7-10-22)31-39-27-14-20(8-13-29(27)41(31)23-4-2-1-3-5-23)32(44)40-28(33(45)46)15-21-17-38-26-12-11-24(16-25(21)26)47-18-30(42)43/h6-14,16-17,23,28,38H,1-5,15,18H2,(H,40,44)(H,42,43)(H,45,46)/t28-/m0/s1. The number of carbonyl (C=O) groups excluding carboxylic acids is 1. The minimum Gasteiger partial charge on any atom is -0.482 e. The Morgan fingerprint density at radius 3 is 2.43 bits per heavy atom. The molecule has 0 bridgehead atoms. The van der Waals surface area contributed by atoms with Crippen LogP contribution in [-0.2, 0) is 22.2 Å². The van der Waals surface area contributed by atoms with Crippen LogP contribution in [0.5, 0.6) is 5.75 Å². The van der Waals surface area contributed by atoms with Crippen LogP contribution in [0.25, 0.3) is 33.3 Å². The van der Waals surface area contributed by atoms with Crippen molar-refractivity contribution < 1.29 is 42.5 Å². The number of carboxylic acid groups (broad SMARTS) is 2. The average molecular weight is 649 g/mol. The van der Waals surface area contributed by atoms with Gasteiger partial charge in [-0.15, -0.1) is 0 Å². The molecule has 4 N–H and O–H groups in total. The van der Waals surface area contributed by atoms with E-state index in [1.165, 1.54) is 12.1 Å². The van der Waals surface area contributed by atoms with Gasteiger partial charge in [0.15, 0.2) is 6.61 Å². The summed E-state index contributed by atoms with van der Waals surface area (Å²) >= 11 is 0. The molecule has 244 valence electrons. The Bertz CT molecular complexity index is 1960. The van der Waals surface area contributed by atoms with E-state index in [0.29, 0.717) is 39.1 Å². The number of halogens is 3. The van der Waals surface area contributed by atoms with E-state index in [9.17, 15) is 32.7 Å². The number of imidazole rings is 1. The van der Waals surface area contributed by atoms with Crippen molar-refractivity contribution in [2.45, 2.75) is 56.8 Å². The molecule has 1 amide bonds. The van der Waals surface area contributed by atoms with Gasteiger partial charge in [-0.1, -0.05) is 31.4 Å². The molecule has 5 aromatic rings. The number of aromatic nitrogens is 3. The molecule has 2 aromatic heterocycles. The van der Waals surface area contributed by atoms with Crippen molar-refractivity contribution in [1.82, 2.24) is 19.9 Å². The number of alkyl halides is 3. The second-order valence-electron chi connectivity index (χ2n) is 11.6. The first kappa shape index (κ1) is 31.6. The topological polar surface area (TPSA) is 147 Å². The van der Waals surface area contributed by atoms with Crippen molar-refractivity contribution >= 4 is 39.8 Å². The molecule has 0 spiro atoms. The van der Waals surface area contributed by atoms with E-state index in [2.05, 4.69) is 10.3 Å². The van der Waals surface area contributed by atoms with Crippen LogP contribution in [0.2, 0.25) is 0 Å². The normalized spacial score (nSPS) is 14.7. The Balaban J connectivity index is 1.28. The summed E-state index contributed by atoms with van der Waals surface area (Å²) in [4.78, 5) is 44.3. The molecule has 1 aliphatic rings. The van der Waals surface area contributed by atoms with Gasteiger partial charge in [-0.2, -0.15) is 13.2 Å². The fourth-order valence-electron chi connectivity index (χ4n) is 6.18. The Morgan fingerprint density at radius 2 is 1.74 bits per heavy atom. The van der Waals surface area contributed by atoms with Crippen LogP contribution >= 0.6 is 0 Å². The molecule has 2 heterocycles. The minimum atomic E-state index is -4.47. The molecule has 1 aliphatic carbocycles. The lowest BCUT2D eigenvalue weighted by Gasteiger charge is -2.25. The molecule has 0 saturated heterocycles. The van der Waals surface area contributed by atoms with Crippen LogP contribution in [0.4, 0.5) is 13.2 Å². The number of ether oxygens (including phenoxy) is 1. The van der Waals surface area contributed by atoms with Gasteiger partial charge in [0.05, 0.1) is 16.6 Å². The largest absolute Gasteiger partial charge is 0.482 e. The van der Waals surface area contributed by atoms with E-state index < -0.39 is 42.2 Å². The zero-order chi connectivity index (χ0) is 33.3. The Morgan fingerprint density at radius 1 is 1.00 bits per heavy atom. The number of hydrogen-bond donors (Lipinski definition) is 4. The number of aromatic amines is 1. The number of hydrogen-bond acceptors (Lipinski definition) is 5. The summed E-state index contributed by atoms with van der Waals surface area (Å²) < 4.78 is 47.0. The highest BCUT2D eigenvalue weighted by Crippen LogP contribution is 2.37. The quantitative estimate of drug-likeness (QED) is 0.134. The highest BCUT2D eigenvalue weighted by molar-refractivity contribution is 6.00. The van der Waals surface area contributed by atoms with Crippen LogP contribution in [0.15, 0.2) is 66.9 Å². The molecule has 13 heteroatoms. The van der Waals surface area contributed by atoms with Crippen molar-refractivity contribution in [3.63, 3.8) is 0 Å². The summed E-state index contributed by atoms with van der Waals surface area (Å²) in [5.41, 5.74) is 2.41. The maximum Gasteiger partial charge on any atom is 0.416 e. The zero-order valence-corrected chi connectivity index (χ0v) is 25.0.